The topological polar surface area (TPSA) is 48.0 Å². The second kappa shape index (κ2) is 10.6. The molecule has 1 amide bonds. The molecule has 6 heteroatoms. The zero-order chi connectivity index (χ0) is 18.9. The van der Waals surface area contributed by atoms with Crippen molar-refractivity contribution in [3.8, 4) is 5.75 Å². The van der Waals surface area contributed by atoms with Gasteiger partial charge in [0.2, 0.25) is 0 Å². The number of carbonyl (C=O) groups excluding carboxylic acids is 1. The summed E-state index contributed by atoms with van der Waals surface area (Å²) in [5.41, 5.74) is 1.08. The molecule has 5 nitrogen and oxygen atoms in total. The standard InChI is InChI=1S/C20H28ClNO4/c1-22(2)20(23)19-7-5-4-6-17(21)18(26-19)12-13-25-14-15-8-10-16(24-3)11-9-15/h4-5,8-11,17-19H,6-7,12-14H2,1-3H3/b5-4-/t17-,18-,19-/m0/s1. The fraction of sp³-hybridized carbons (Fsp3) is 0.550. The van der Waals surface area contributed by atoms with Crippen LogP contribution in [0.25, 0.3) is 0 Å². The summed E-state index contributed by atoms with van der Waals surface area (Å²) in [5, 5.41) is -0.173. The Balaban J connectivity index is 1.84. The number of ether oxygens (including phenoxy) is 3. The van der Waals surface area contributed by atoms with Crippen LogP contribution in [-0.2, 0) is 20.9 Å². The molecule has 1 aromatic carbocycles. The van der Waals surface area contributed by atoms with Crippen molar-refractivity contribution in [3.05, 3.63) is 42.0 Å². The number of likely N-dealkylation sites (N-methyl/N-ethyl adjacent to an activating group) is 1. The molecular weight excluding hydrogens is 354 g/mol. The van der Waals surface area contributed by atoms with Gasteiger partial charge in [-0.3, -0.25) is 4.79 Å². The molecule has 0 radical (unpaired) electrons. The Morgan fingerprint density at radius 1 is 1.23 bits per heavy atom. The molecule has 1 aromatic rings. The molecule has 0 fully saturated rings. The molecule has 0 N–H and O–H groups in total. The van der Waals surface area contributed by atoms with Crippen LogP contribution in [0, 0.1) is 0 Å². The zero-order valence-corrected chi connectivity index (χ0v) is 16.4. The molecule has 2 rings (SSSR count). The van der Waals surface area contributed by atoms with E-state index in [1.807, 2.05) is 36.4 Å². The molecule has 3 atom stereocenters. The minimum absolute atomic E-state index is 0.0374. The third-order valence-corrected chi connectivity index (χ3v) is 4.77. The average Bonchev–Trinajstić information content (AvgIpc) is 2.63. The highest BCUT2D eigenvalue weighted by molar-refractivity contribution is 6.21. The van der Waals surface area contributed by atoms with E-state index in [1.165, 1.54) is 0 Å². The molecule has 26 heavy (non-hydrogen) atoms. The average molecular weight is 382 g/mol. The van der Waals surface area contributed by atoms with Gasteiger partial charge in [-0.25, -0.2) is 0 Å². The number of hydrogen-bond donors (Lipinski definition) is 0. The predicted octanol–water partition coefficient (Wildman–Crippen LogP) is 3.40. The van der Waals surface area contributed by atoms with E-state index in [9.17, 15) is 4.79 Å². The van der Waals surface area contributed by atoms with Gasteiger partial charge in [0, 0.05) is 27.1 Å². The molecule has 0 saturated carbocycles. The maximum absolute atomic E-state index is 12.3. The normalized spacial score (nSPS) is 24.4. The number of halogens is 1. The number of allylic oxidation sites excluding steroid dienone is 1. The van der Waals surface area contributed by atoms with Crippen LogP contribution in [0.15, 0.2) is 36.4 Å². The molecule has 1 heterocycles. The summed E-state index contributed by atoms with van der Waals surface area (Å²) in [6.45, 7) is 1.04. The molecule has 0 bridgehead atoms. The number of methoxy groups -OCH3 is 1. The van der Waals surface area contributed by atoms with Crippen molar-refractivity contribution in [3.63, 3.8) is 0 Å². The summed E-state index contributed by atoms with van der Waals surface area (Å²) in [4.78, 5) is 13.8. The van der Waals surface area contributed by atoms with Gasteiger partial charge in [-0.1, -0.05) is 24.3 Å². The first kappa shape index (κ1) is 20.7. The third-order valence-electron chi connectivity index (χ3n) is 4.31. The number of alkyl halides is 1. The van der Waals surface area contributed by atoms with Gasteiger partial charge in [0.15, 0.2) is 0 Å². The molecule has 0 aliphatic carbocycles. The van der Waals surface area contributed by atoms with Crippen LogP contribution in [0.1, 0.15) is 24.8 Å². The Kier molecular flexibility index (Phi) is 8.42. The van der Waals surface area contributed by atoms with Crippen molar-refractivity contribution in [2.24, 2.45) is 0 Å². The first-order valence-electron chi connectivity index (χ1n) is 8.87. The Bertz CT molecular complexity index is 588. The second-order valence-electron chi connectivity index (χ2n) is 6.54. The SMILES string of the molecule is COc1ccc(COCC[C@@H]2O[C@H](C(=O)N(C)C)C/C=C\C[C@@H]2Cl)cc1. The quantitative estimate of drug-likeness (QED) is 0.412. The summed E-state index contributed by atoms with van der Waals surface area (Å²) < 4.78 is 17.0. The Hall–Kier alpha value is -1.56. The molecule has 0 spiro atoms. The Morgan fingerprint density at radius 2 is 1.92 bits per heavy atom. The summed E-state index contributed by atoms with van der Waals surface area (Å²) in [5.74, 6) is 0.788. The van der Waals surface area contributed by atoms with Gasteiger partial charge in [-0.05, 0) is 30.5 Å². The highest BCUT2D eigenvalue weighted by Gasteiger charge is 2.29. The van der Waals surface area contributed by atoms with Crippen LogP contribution in [-0.4, -0.2) is 56.2 Å². The maximum Gasteiger partial charge on any atom is 0.251 e. The molecular formula is C20H28ClNO4. The van der Waals surface area contributed by atoms with Gasteiger partial charge in [0.1, 0.15) is 11.9 Å². The molecule has 144 valence electrons. The van der Waals surface area contributed by atoms with Crippen LogP contribution in [0.3, 0.4) is 0 Å². The fourth-order valence-electron chi connectivity index (χ4n) is 2.76. The van der Waals surface area contributed by atoms with E-state index in [1.54, 1.807) is 26.1 Å². The maximum atomic E-state index is 12.3. The van der Waals surface area contributed by atoms with E-state index in [0.29, 0.717) is 26.1 Å². The third kappa shape index (κ3) is 6.31. The highest BCUT2D eigenvalue weighted by atomic mass is 35.5. The number of amides is 1. The first-order valence-corrected chi connectivity index (χ1v) is 9.31. The van der Waals surface area contributed by atoms with Crippen molar-refractivity contribution < 1.29 is 19.0 Å². The van der Waals surface area contributed by atoms with E-state index in [2.05, 4.69) is 0 Å². The van der Waals surface area contributed by atoms with Crippen molar-refractivity contribution in [2.75, 3.05) is 27.8 Å². The van der Waals surface area contributed by atoms with E-state index >= 15 is 0 Å². The number of carbonyl (C=O) groups is 1. The van der Waals surface area contributed by atoms with Gasteiger partial charge in [0.05, 0.1) is 25.2 Å². The summed E-state index contributed by atoms with van der Waals surface area (Å²) in [7, 11) is 5.12. The lowest BCUT2D eigenvalue weighted by atomic mass is 10.1. The first-order chi connectivity index (χ1) is 12.5. The lowest BCUT2D eigenvalue weighted by Gasteiger charge is -2.29. The number of hydrogen-bond acceptors (Lipinski definition) is 4. The van der Waals surface area contributed by atoms with Crippen LogP contribution < -0.4 is 4.74 Å². The van der Waals surface area contributed by atoms with Crippen molar-refractivity contribution in [1.82, 2.24) is 4.90 Å². The minimum Gasteiger partial charge on any atom is -0.497 e. The summed E-state index contributed by atoms with van der Waals surface area (Å²) in [6.07, 6.45) is 5.24. The van der Waals surface area contributed by atoms with Gasteiger partial charge in [-0.2, -0.15) is 0 Å². The van der Waals surface area contributed by atoms with Crippen molar-refractivity contribution in [2.45, 2.75) is 43.5 Å². The number of nitrogens with zero attached hydrogens (tertiary/aromatic N) is 1. The molecule has 0 aromatic heterocycles. The summed E-state index contributed by atoms with van der Waals surface area (Å²) in [6, 6.07) is 7.78. The van der Waals surface area contributed by atoms with Crippen molar-refractivity contribution >= 4 is 17.5 Å². The van der Waals surface area contributed by atoms with Gasteiger partial charge in [0.25, 0.3) is 5.91 Å². The molecule has 1 aliphatic heterocycles. The molecule has 0 unspecified atom stereocenters. The van der Waals surface area contributed by atoms with E-state index in [4.69, 9.17) is 25.8 Å². The molecule has 0 saturated heterocycles. The zero-order valence-electron chi connectivity index (χ0n) is 15.7. The van der Waals surface area contributed by atoms with Crippen LogP contribution in [0.2, 0.25) is 0 Å². The lowest BCUT2D eigenvalue weighted by molar-refractivity contribution is -0.146. The fourth-order valence-corrected chi connectivity index (χ4v) is 3.05. The highest BCUT2D eigenvalue weighted by Crippen LogP contribution is 2.22. The van der Waals surface area contributed by atoms with Crippen LogP contribution in [0.4, 0.5) is 0 Å². The van der Waals surface area contributed by atoms with Crippen LogP contribution >= 0.6 is 11.6 Å². The monoisotopic (exact) mass is 381 g/mol. The van der Waals surface area contributed by atoms with Crippen molar-refractivity contribution in [1.29, 1.82) is 0 Å². The van der Waals surface area contributed by atoms with Gasteiger partial charge >= 0.3 is 0 Å². The van der Waals surface area contributed by atoms with Crippen LogP contribution in [0.5, 0.6) is 5.75 Å². The van der Waals surface area contributed by atoms with Gasteiger partial charge < -0.3 is 19.1 Å². The second-order valence-corrected chi connectivity index (χ2v) is 7.10. The largest absolute Gasteiger partial charge is 0.497 e. The van der Waals surface area contributed by atoms with E-state index < -0.39 is 6.10 Å². The smallest absolute Gasteiger partial charge is 0.251 e. The molecule has 1 aliphatic rings. The Morgan fingerprint density at radius 3 is 2.58 bits per heavy atom. The van der Waals surface area contributed by atoms with Gasteiger partial charge in [-0.15, -0.1) is 11.6 Å². The number of benzene rings is 1. The summed E-state index contributed by atoms with van der Waals surface area (Å²) >= 11 is 6.47. The number of rotatable bonds is 7. The Labute approximate surface area is 160 Å². The van der Waals surface area contributed by atoms with E-state index in [-0.39, 0.29) is 17.4 Å². The van der Waals surface area contributed by atoms with E-state index in [0.717, 1.165) is 17.7 Å². The lowest BCUT2D eigenvalue weighted by Crippen LogP contribution is -2.41. The predicted molar refractivity (Wildman–Crippen MR) is 103 cm³/mol. The minimum atomic E-state index is -0.491.